The Labute approximate surface area is 87.1 Å². The van der Waals surface area contributed by atoms with Crippen molar-refractivity contribution in [1.82, 2.24) is 5.32 Å². The summed E-state index contributed by atoms with van der Waals surface area (Å²) in [5.41, 5.74) is -0.497. The smallest absolute Gasteiger partial charge is 0.329 e. The first kappa shape index (κ1) is 10.0. The highest BCUT2D eigenvalue weighted by molar-refractivity contribution is 5.97. The summed E-state index contributed by atoms with van der Waals surface area (Å²) in [4.78, 5) is 22.6. The van der Waals surface area contributed by atoms with Gasteiger partial charge in [-0.25, -0.2) is 4.79 Å². The summed E-state index contributed by atoms with van der Waals surface area (Å²) in [6, 6.07) is 0. The van der Waals surface area contributed by atoms with Gasteiger partial charge in [-0.2, -0.15) is 0 Å². The topological polar surface area (TPSA) is 75.6 Å². The Kier molecular flexibility index (Phi) is 2.38. The van der Waals surface area contributed by atoms with E-state index in [2.05, 4.69) is 5.32 Å². The minimum absolute atomic E-state index is 0.311. The first-order chi connectivity index (χ1) is 7.14. The van der Waals surface area contributed by atoms with E-state index < -0.39 is 11.5 Å². The monoisotopic (exact) mass is 211 g/mol. The maximum atomic E-state index is 11.6. The molecule has 82 valence electrons. The molecule has 5 nitrogen and oxygen atoms in total. The first-order valence-electron chi connectivity index (χ1n) is 5.01. The number of hydrogen-bond donors (Lipinski definition) is 2. The molecule has 0 saturated heterocycles. The SMILES string of the molecule is O=C(NC1(C(=O)O)CCC1)C1=COCC1. The Bertz CT molecular complexity index is 330. The number of carbonyl (C=O) groups is 2. The van der Waals surface area contributed by atoms with E-state index in [9.17, 15) is 9.59 Å². The number of aliphatic carboxylic acids is 1. The van der Waals surface area contributed by atoms with Crippen molar-refractivity contribution in [2.45, 2.75) is 31.2 Å². The Morgan fingerprint density at radius 2 is 2.20 bits per heavy atom. The molecule has 0 aromatic heterocycles. The van der Waals surface area contributed by atoms with E-state index in [0.29, 0.717) is 31.4 Å². The van der Waals surface area contributed by atoms with E-state index in [1.165, 1.54) is 6.26 Å². The molecule has 2 rings (SSSR count). The van der Waals surface area contributed by atoms with Gasteiger partial charge in [-0.15, -0.1) is 0 Å². The lowest BCUT2D eigenvalue weighted by atomic mass is 9.76. The van der Waals surface area contributed by atoms with E-state index >= 15 is 0 Å². The summed E-state index contributed by atoms with van der Waals surface area (Å²) in [7, 11) is 0. The molecular formula is C10H13NO4. The van der Waals surface area contributed by atoms with Crippen molar-refractivity contribution in [3.05, 3.63) is 11.8 Å². The van der Waals surface area contributed by atoms with E-state index in [1.54, 1.807) is 0 Å². The third-order valence-corrected chi connectivity index (χ3v) is 2.98. The second-order valence-electron chi connectivity index (χ2n) is 3.96. The van der Waals surface area contributed by atoms with Gasteiger partial charge in [-0.3, -0.25) is 4.79 Å². The molecular weight excluding hydrogens is 198 g/mol. The van der Waals surface area contributed by atoms with Gasteiger partial charge in [0.25, 0.3) is 5.91 Å². The molecule has 2 aliphatic rings. The van der Waals surface area contributed by atoms with E-state index in [4.69, 9.17) is 9.84 Å². The van der Waals surface area contributed by atoms with Crippen LogP contribution < -0.4 is 5.32 Å². The highest BCUT2D eigenvalue weighted by atomic mass is 16.5. The second kappa shape index (κ2) is 3.56. The van der Waals surface area contributed by atoms with E-state index in [0.717, 1.165) is 6.42 Å². The normalized spacial score (nSPS) is 22.3. The highest BCUT2D eigenvalue weighted by Crippen LogP contribution is 2.32. The fourth-order valence-electron chi connectivity index (χ4n) is 1.77. The Balaban J connectivity index is 2.01. The predicted octanol–water partition coefficient (Wildman–Crippen LogP) is 0.414. The van der Waals surface area contributed by atoms with Gasteiger partial charge < -0.3 is 15.2 Å². The number of amides is 1. The molecule has 1 saturated carbocycles. The third kappa shape index (κ3) is 1.69. The zero-order valence-electron chi connectivity index (χ0n) is 8.28. The van der Waals surface area contributed by atoms with Gasteiger partial charge in [0, 0.05) is 6.42 Å². The van der Waals surface area contributed by atoms with Crippen molar-refractivity contribution in [3.63, 3.8) is 0 Å². The van der Waals surface area contributed by atoms with E-state index in [1.807, 2.05) is 0 Å². The van der Waals surface area contributed by atoms with Crippen LogP contribution >= 0.6 is 0 Å². The molecule has 1 aliphatic carbocycles. The van der Waals surface area contributed by atoms with Crippen LogP contribution in [0.25, 0.3) is 0 Å². The lowest BCUT2D eigenvalue weighted by molar-refractivity contribution is -0.151. The Morgan fingerprint density at radius 3 is 2.60 bits per heavy atom. The molecule has 1 aliphatic heterocycles. The summed E-state index contributed by atoms with van der Waals surface area (Å²) in [5.74, 6) is -1.25. The minimum atomic E-state index is -1.03. The zero-order chi connectivity index (χ0) is 10.9. The molecule has 5 heteroatoms. The average molecular weight is 211 g/mol. The molecule has 0 unspecified atom stereocenters. The molecule has 2 N–H and O–H groups in total. The van der Waals surface area contributed by atoms with Crippen molar-refractivity contribution in [3.8, 4) is 0 Å². The fraction of sp³-hybridized carbons (Fsp3) is 0.600. The molecule has 0 spiro atoms. The standard InChI is InChI=1S/C10H13NO4/c12-8(7-2-5-15-6-7)11-10(9(13)14)3-1-4-10/h6H,1-5H2,(H,11,12)(H,13,14). The van der Waals surface area contributed by atoms with Crippen LogP contribution in [0.1, 0.15) is 25.7 Å². The molecule has 0 bridgehead atoms. The summed E-state index contributed by atoms with van der Waals surface area (Å²) in [5, 5.41) is 11.6. The molecule has 0 aromatic rings. The zero-order valence-corrected chi connectivity index (χ0v) is 8.28. The maximum absolute atomic E-state index is 11.6. The van der Waals surface area contributed by atoms with Gasteiger partial charge in [0.05, 0.1) is 18.4 Å². The third-order valence-electron chi connectivity index (χ3n) is 2.98. The lowest BCUT2D eigenvalue weighted by Crippen LogP contribution is -2.59. The maximum Gasteiger partial charge on any atom is 0.329 e. The van der Waals surface area contributed by atoms with Crippen molar-refractivity contribution in [2.24, 2.45) is 0 Å². The second-order valence-corrected chi connectivity index (χ2v) is 3.96. The van der Waals surface area contributed by atoms with Crippen molar-refractivity contribution >= 4 is 11.9 Å². The van der Waals surface area contributed by atoms with Gasteiger partial charge in [0.15, 0.2) is 0 Å². The number of carboxylic acids is 1. The van der Waals surface area contributed by atoms with Crippen molar-refractivity contribution in [2.75, 3.05) is 6.61 Å². The Morgan fingerprint density at radius 1 is 1.47 bits per heavy atom. The van der Waals surface area contributed by atoms with Crippen LogP contribution in [0.15, 0.2) is 11.8 Å². The van der Waals surface area contributed by atoms with Crippen LogP contribution in [0.3, 0.4) is 0 Å². The van der Waals surface area contributed by atoms with Crippen molar-refractivity contribution in [1.29, 1.82) is 0 Å². The minimum Gasteiger partial charge on any atom is -0.500 e. The predicted molar refractivity (Wildman–Crippen MR) is 51.0 cm³/mol. The summed E-state index contributed by atoms with van der Waals surface area (Å²) in [6.07, 6.45) is 3.84. The summed E-state index contributed by atoms with van der Waals surface area (Å²) in [6.45, 7) is 0.503. The molecule has 15 heavy (non-hydrogen) atoms. The number of hydrogen-bond acceptors (Lipinski definition) is 3. The molecule has 0 aromatic carbocycles. The van der Waals surface area contributed by atoms with Gasteiger partial charge >= 0.3 is 5.97 Å². The van der Waals surface area contributed by atoms with E-state index in [-0.39, 0.29) is 5.91 Å². The van der Waals surface area contributed by atoms with Crippen LogP contribution in [-0.2, 0) is 14.3 Å². The summed E-state index contributed by atoms with van der Waals surface area (Å²) >= 11 is 0. The van der Waals surface area contributed by atoms with Crippen LogP contribution in [0.5, 0.6) is 0 Å². The summed E-state index contributed by atoms with van der Waals surface area (Å²) < 4.78 is 4.93. The number of rotatable bonds is 3. The molecule has 0 atom stereocenters. The average Bonchev–Trinajstić information content (AvgIpc) is 2.62. The molecule has 1 amide bonds. The fourth-order valence-corrected chi connectivity index (χ4v) is 1.77. The van der Waals surface area contributed by atoms with Crippen LogP contribution in [0.4, 0.5) is 0 Å². The Hall–Kier alpha value is -1.52. The number of carbonyl (C=O) groups excluding carboxylic acids is 1. The first-order valence-corrected chi connectivity index (χ1v) is 5.01. The van der Waals surface area contributed by atoms with Gasteiger partial charge in [0.1, 0.15) is 5.54 Å². The molecule has 1 fully saturated rings. The largest absolute Gasteiger partial charge is 0.500 e. The number of carboxylic acid groups (broad SMARTS) is 1. The van der Waals surface area contributed by atoms with Crippen LogP contribution in [0, 0.1) is 0 Å². The van der Waals surface area contributed by atoms with Crippen LogP contribution in [0.2, 0.25) is 0 Å². The molecule has 1 heterocycles. The number of ether oxygens (including phenoxy) is 1. The molecule has 0 radical (unpaired) electrons. The van der Waals surface area contributed by atoms with Crippen LogP contribution in [-0.4, -0.2) is 29.1 Å². The van der Waals surface area contributed by atoms with Gasteiger partial charge in [-0.05, 0) is 19.3 Å². The quantitative estimate of drug-likeness (QED) is 0.709. The highest BCUT2D eigenvalue weighted by Gasteiger charge is 2.46. The van der Waals surface area contributed by atoms with Gasteiger partial charge in [0.2, 0.25) is 0 Å². The van der Waals surface area contributed by atoms with Gasteiger partial charge in [-0.1, -0.05) is 0 Å². The van der Waals surface area contributed by atoms with Crippen molar-refractivity contribution < 1.29 is 19.4 Å². The number of nitrogens with one attached hydrogen (secondary N) is 1. The lowest BCUT2D eigenvalue weighted by Gasteiger charge is -2.38.